The first-order chi connectivity index (χ1) is 7.15. The van der Waals surface area contributed by atoms with Gasteiger partial charge in [0.15, 0.2) is 0 Å². The Morgan fingerprint density at radius 1 is 1.64 bits per heavy atom. The summed E-state index contributed by atoms with van der Waals surface area (Å²) >= 11 is 0. The van der Waals surface area contributed by atoms with E-state index in [-0.39, 0.29) is 5.92 Å². The summed E-state index contributed by atoms with van der Waals surface area (Å²) in [6.45, 7) is 3.98. The smallest absolute Gasteiger partial charge is 0.226 e. The third-order valence-electron chi connectivity index (χ3n) is 2.16. The molecule has 2 aromatic heterocycles. The number of pyridine rings is 1. The fourth-order valence-corrected chi connectivity index (χ4v) is 1.57. The van der Waals surface area contributed by atoms with Crippen molar-refractivity contribution in [2.75, 3.05) is 0 Å². The minimum atomic E-state index is 0.173. The van der Waals surface area contributed by atoms with E-state index < -0.39 is 0 Å². The Labute approximate surface area is 83.4 Å². The Bertz CT molecular complexity index is 551. The molecule has 0 atom stereocenters. The van der Waals surface area contributed by atoms with Gasteiger partial charge >= 0.3 is 0 Å². The van der Waals surface area contributed by atoms with Crippen LogP contribution < -0.4 is 0 Å². The lowest BCUT2D eigenvalue weighted by molar-refractivity contribution is 0.602. The quantitative estimate of drug-likeness (QED) is 0.689. The highest BCUT2D eigenvalue weighted by molar-refractivity contribution is 5.80. The third-order valence-corrected chi connectivity index (χ3v) is 2.16. The van der Waals surface area contributed by atoms with Crippen LogP contribution in [0.15, 0.2) is 22.9 Å². The second-order valence-electron chi connectivity index (χ2n) is 3.41. The number of nitrogens with zero attached hydrogens (tertiary/aromatic N) is 2. The maximum Gasteiger partial charge on any atom is 0.226 e. The highest BCUT2D eigenvalue weighted by Gasteiger charge is 2.13. The Morgan fingerprint density at radius 2 is 2.43 bits per heavy atom. The number of fused-ring (bicyclic) bond motifs is 1. The van der Waals surface area contributed by atoms with Crippen LogP contribution in [0.4, 0.5) is 0 Å². The lowest BCUT2D eigenvalue weighted by atomic mass is 9.97. The van der Waals surface area contributed by atoms with Gasteiger partial charge in [-0.2, -0.15) is 5.26 Å². The summed E-state index contributed by atoms with van der Waals surface area (Å²) in [5.41, 5.74) is 1.80. The zero-order valence-electron chi connectivity index (χ0n) is 9.03. The molecule has 0 aliphatic carbocycles. The van der Waals surface area contributed by atoms with Crippen LogP contribution in [0.3, 0.4) is 0 Å². The van der Waals surface area contributed by atoms with Crippen molar-refractivity contribution >= 4 is 11.1 Å². The molecular weight excluding hydrogens is 176 g/mol. The predicted molar refractivity (Wildman–Crippen MR) is 52.8 cm³/mol. The highest BCUT2D eigenvalue weighted by Crippen LogP contribution is 2.27. The molecule has 0 saturated carbocycles. The zero-order chi connectivity index (χ0) is 11.0. The van der Waals surface area contributed by atoms with Crippen molar-refractivity contribution in [3.05, 3.63) is 29.6 Å². The van der Waals surface area contributed by atoms with Crippen molar-refractivity contribution in [2.45, 2.75) is 19.8 Å². The number of hydrogen-bond acceptors (Lipinski definition) is 3. The van der Waals surface area contributed by atoms with E-state index in [1.807, 2.05) is 13.8 Å². The van der Waals surface area contributed by atoms with E-state index in [0.29, 0.717) is 22.7 Å². The minimum Gasteiger partial charge on any atom is -0.446 e. The molecule has 14 heavy (non-hydrogen) atoms. The van der Waals surface area contributed by atoms with E-state index in [9.17, 15) is 0 Å². The van der Waals surface area contributed by atoms with Crippen molar-refractivity contribution in [3.63, 3.8) is 0 Å². The van der Waals surface area contributed by atoms with Crippen LogP contribution in [-0.4, -0.2) is 4.98 Å². The molecular formula is C11H10N2O. The Hall–Kier alpha value is -1.82. The molecule has 3 nitrogen and oxygen atoms in total. The van der Waals surface area contributed by atoms with Crippen LogP contribution in [-0.2, 0) is 0 Å². The van der Waals surface area contributed by atoms with Gasteiger partial charge in [-0.05, 0) is 17.5 Å². The van der Waals surface area contributed by atoms with Crippen molar-refractivity contribution in [3.8, 4) is 6.07 Å². The molecule has 0 aromatic carbocycles. The molecule has 0 radical (unpaired) electrons. The lowest BCUT2D eigenvalue weighted by Crippen LogP contribution is -1.94. The predicted octanol–water partition coefficient (Wildman–Crippen LogP) is 2.82. The van der Waals surface area contributed by atoms with Crippen molar-refractivity contribution in [1.82, 2.24) is 4.98 Å². The van der Waals surface area contributed by atoms with Gasteiger partial charge in [-0.15, -0.1) is 0 Å². The Balaban J connectivity index is 2.90. The van der Waals surface area contributed by atoms with Crippen LogP contribution in [0.1, 0.15) is 32.3 Å². The minimum absolute atomic E-state index is 0.173. The van der Waals surface area contributed by atoms with Gasteiger partial charge in [-0.3, -0.25) is 0 Å². The summed E-state index contributed by atoms with van der Waals surface area (Å²) in [5.74, 6) is 0.173. The van der Waals surface area contributed by atoms with Crippen LogP contribution in [0, 0.1) is 11.3 Å². The molecule has 2 aromatic rings. The van der Waals surface area contributed by atoms with E-state index in [2.05, 4.69) is 11.1 Å². The van der Waals surface area contributed by atoms with Crippen LogP contribution in [0.25, 0.3) is 11.1 Å². The monoisotopic (exact) mass is 187 g/mol. The van der Waals surface area contributed by atoms with Crippen LogP contribution in [0.5, 0.6) is 0 Å². The Morgan fingerprint density at radius 3 is 3.07 bits per heavy atom. The van der Waals surface area contributed by atoms with Gasteiger partial charge in [-0.25, -0.2) is 4.98 Å². The molecule has 0 fully saturated rings. The molecule has 3 heteroatoms. The van der Waals surface area contributed by atoms with Gasteiger partial charge in [0.05, 0.1) is 13.2 Å². The molecule has 0 aliphatic heterocycles. The molecule has 2 rings (SSSR count). The molecule has 2 heterocycles. The first kappa shape index (κ1) is 7.57. The number of aromatic nitrogens is 1. The van der Waals surface area contributed by atoms with E-state index in [1.54, 1.807) is 0 Å². The fraction of sp³-hybridized carbons (Fsp3) is 0.273. The number of hydrogen-bond donors (Lipinski definition) is 0. The summed E-state index contributed by atoms with van der Waals surface area (Å²) in [5, 5.41) is 9.63. The molecule has 70 valence electrons. The Kier molecular flexibility index (Phi) is 1.70. The van der Waals surface area contributed by atoms with E-state index in [4.69, 9.17) is 11.0 Å². The number of nitriles is 1. The molecule has 0 aliphatic rings. The summed E-state index contributed by atoms with van der Waals surface area (Å²) in [6.07, 6.45) is 2.85. The molecule has 0 N–H and O–H groups in total. The maximum absolute atomic E-state index is 8.97. The van der Waals surface area contributed by atoms with E-state index in [0.717, 1.165) is 5.56 Å². The molecule has 0 saturated heterocycles. The lowest BCUT2D eigenvalue weighted by Gasteiger charge is -2.07. The van der Waals surface area contributed by atoms with Gasteiger partial charge in [0.25, 0.3) is 0 Å². The average Bonchev–Trinajstić information content (AvgIpc) is 2.59. The largest absolute Gasteiger partial charge is 0.446 e. The summed E-state index contributed by atoms with van der Waals surface area (Å²) in [7, 11) is 0. The summed E-state index contributed by atoms with van der Waals surface area (Å²) in [6, 6.07) is 2.39. The van der Waals surface area contributed by atoms with Crippen molar-refractivity contribution in [1.29, 1.82) is 5.26 Å². The molecule has 0 bridgehead atoms. The second-order valence-corrected chi connectivity index (χ2v) is 3.41. The van der Waals surface area contributed by atoms with Gasteiger partial charge in [0.1, 0.15) is 6.07 Å². The second kappa shape index (κ2) is 3.15. The number of rotatable bonds is 1. The van der Waals surface area contributed by atoms with Gasteiger partial charge < -0.3 is 4.42 Å². The molecule has 0 amide bonds. The molecule has 0 unspecified atom stereocenters. The standard InChI is InChI=1S/C11H10N2O/c1-7(2)10-8(5-12)6-13-11-9(10)3-4-14-11/h3-4,6-7H,1-2H3/i3D. The van der Waals surface area contributed by atoms with E-state index >= 15 is 0 Å². The van der Waals surface area contributed by atoms with Crippen LogP contribution >= 0.6 is 0 Å². The van der Waals surface area contributed by atoms with Gasteiger partial charge in [0.2, 0.25) is 5.71 Å². The number of furan rings is 1. The maximum atomic E-state index is 8.97. The summed E-state index contributed by atoms with van der Waals surface area (Å²) in [4.78, 5) is 4.01. The average molecular weight is 187 g/mol. The van der Waals surface area contributed by atoms with Crippen molar-refractivity contribution in [2.24, 2.45) is 0 Å². The first-order valence-corrected chi connectivity index (χ1v) is 4.42. The fourth-order valence-electron chi connectivity index (χ4n) is 1.57. The van der Waals surface area contributed by atoms with Gasteiger partial charge in [-0.1, -0.05) is 13.8 Å². The topological polar surface area (TPSA) is 49.8 Å². The normalized spacial score (nSPS) is 11.7. The van der Waals surface area contributed by atoms with Crippen LogP contribution in [0.2, 0.25) is 0 Å². The first-order valence-electron chi connectivity index (χ1n) is 4.92. The summed E-state index contributed by atoms with van der Waals surface area (Å²) < 4.78 is 12.8. The zero-order valence-corrected chi connectivity index (χ0v) is 8.03. The third kappa shape index (κ3) is 1.16. The highest BCUT2D eigenvalue weighted by atomic mass is 16.3. The molecule has 0 spiro atoms. The SMILES string of the molecule is [2H]c1coc2ncc(C#N)c(C(C)C)c12. The van der Waals surface area contributed by atoms with Gasteiger partial charge in [0, 0.05) is 11.6 Å². The van der Waals surface area contributed by atoms with Crippen molar-refractivity contribution < 1.29 is 5.79 Å². The van der Waals surface area contributed by atoms with E-state index in [1.165, 1.54) is 12.5 Å².